The number of hydrogen-bond acceptors (Lipinski definition) is 3. The number of aryl methyl sites for hydroxylation is 1. The van der Waals surface area contributed by atoms with Gasteiger partial charge in [-0.1, -0.05) is 61.0 Å². The fourth-order valence-corrected chi connectivity index (χ4v) is 3.91. The zero-order valence-corrected chi connectivity index (χ0v) is 16.3. The van der Waals surface area contributed by atoms with E-state index in [1.165, 1.54) is 23.1 Å². The first-order valence-corrected chi connectivity index (χ1v) is 9.91. The molecule has 0 unspecified atom stereocenters. The Labute approximate surface area is 166 Å². The van der Waals surface area contributed by atoms with E-state index in [4.69, 9.17) is 14.2 Å². The molecule has 4 rings (SSSR count). The lowest BCUT2D eigenvalue weighted by Crippen LogP contribution is -2.04. The monoisotopic (exact) mass is 374 g/mol. The summed E-state index contributed by atoms with van der Waals surface area (Å²) in [5.74, 6) is 2.86. The second-order valence-corrected chi connectivity index (χ2v) is 7.14. The molecule has 28 heavy (non-hydrogen) atoms. The Hall–Kier alpha value is -2.94. The summed E-state index contributed by atoms with van der Waals surface area (Å²) in [6.45, 7) is 0.301. The van der Waals surface area contributed by atoms with Gasteiger partial charge in [-0.15, -0.1) is 0 Å². The lowest BCUT2D eigenvalue weighted by Gasteiger charge is -2.21. The number of fused-ring (bicyclic) bond motifs is 1. The second-order valence-electron chi connectivity index (χ2n) is 7.14. The number of hydrogen-bond donors (Lipinski definition) is 0. The van der Waals surface area contributed by atoms with Gasteiger partial charge in [-0.25, -0.2) is 0 Å². The predicted octanol–water partition coefficient (Wildman–Crippen LogP) is 5.97. The molecule has 0 radical (unpaired) electrons. The number of ether oxygens (including phenoxy) is 3. The van der Waals surface area contributed by atoms with E-state index >= 15 is 0 Å². The Morgan fingerprint density at radius 2 is 1.64 bits per heavy atom. The molecule has 0 spiro atoms. The largest absolute Gasteiger partial charge is 0.496 e. The van der Waals surface area contributed by atoms with Crippen LogP contribution in [0.5, 0.6) is 17.2 Å². The van der Waals surface area contributed by atoms with Crippen molar-refractivity contribution in [2.75, 3.05) is 13.9 Å². The molecule has 0 saturated carbocycles. The highest BCUT2D eigenvalue weighted by Crippen LogP contribution is 2.40. The molecule has 3 aromatic carbocycles. The third-order valence-corrected chi connectivity index (χ3v) is 5.36. The van der Waals surface area contributed by atoms with Gasteiger partial charge in [0.15, 0.2) is 11.5 Å². The number of methoxy groups -OCH3 is 1. The SMILES string of the molecule is COc1ccccc1[C@@H](CCCCc1ccccc1)c1ccc2c(c1)OCO2. The molecule has 1 aliphatic rings. The molecule has 1 atom stereocenters. The van der Waals surface area contributed by atoms with Gasteiger partial charge in [0.25, 0.3) is 0 Å². The summed E-state index contributed by atoms with van der Waals surface area (Å²) in [5, 5.41) is 0. The van der Waals surface area contributed by atoms with Crippen molar-refractivity contribution in [3.63, 3.8) is 0 Å². The molecule has 0 N–H and O–H groups in total. The van der Waals surface area contributed by atoms with Crippen LogP contribution >= 0.6 is 0 Å². The van der Waals surface area contributed by atoms with Gasteiger partial charge in [0.2, 0.25) is 6.79 Å². The molecule has 1 aliphatic heterocycles. The van der Waals surface area contributed by atoms with Crippen LogP contribution < -0.4 is 14.2 Å². The van der Waals surface area contributed by atoms with Crippen molar-refractivity contribution in [1.29, 1.82) is 0 Å². The van der Waals surface area contributed by atoms with Crippen molar-refractivity contribution < 1.29 is 14.2 Å². The fraction of sp³-hybridized carbons (Fsp3) is 0.280. The zero-order chi connectivity index (χ0) is 19.2. The summed E-state index contributed by atoms with van der Waals surface area (Å²) in [6, 6.07) is 25.3. The lowest BCUT2D eigenvalue weighted by atomic mass is 9.86. The van der Waals surface area contributed by atoms with Crippen molar-refractivity contribution in [2.45, 2.75) is 31.6 Å². The quantitative estimate of drug-likeness (QED) is 0.455. The summed E-state index contributed by atoms with van der Waals surface area (Å²) in [7, 11) is 1.74. The minimum absolute atomic E-state index is 0.265. The van der Waals surface area contributed by atoms with Gasteiger partial charge >= 0.3 is 0 Å². The molecule has 0 amide bonds. The molecular formula is C25H26O3. The normalized spacial score (nSPS) is 13.3. The van der Waals surface area contributed by atoms with Crippen molar-refractivity contribution in [3.05, 3.63) is 89.5 Å². The van der Waals surface area contributed by atoms with Crippen LogP contribution in [0.25, 0.3) is 0 Å². The maximum absolute atomic E-state index is 5.66. The van der Waals surface area contributed by atoms with Crippen LogP contribution in [0, 0.1) is 0 Å². The molecule has 0 bridgehead atoms. The molecule has 3 nitrogen and oxygen atoms in total. The molecule has 144 valence electrons. The van der Waals surface area contributed by atoms with E-state index in [1.807, 2.05) is 18.2 Å². The van der Waals surface area contributed by atoms with Crippen LogP contribution in [-0.4, -0.2) is 13.9 Å². The summed E-state index contributed by atoms with van der Waals surface area (Å²) in [4.78, 5) is 0. The summed E-state index contributed by atoms with van der Waals surface area (Å²) < 4.78 is 16.8. The van der Waals surface area contributed by atoms with E-state index in [-0.39, 0.29) is 5.92 Å². The van der Waals surface area contributed by atoms with Crippen molar-refractivity contribution in [3.8, 4) is 17.2 Å². The fourth-order valence-electron chi connectivity index (χ4n) is 3.91. The first-order valence-electron chi connectivity index (χ1n) is 9.91. The van der Waals surface area contributed by atoms with Crippen molar-refractivity contribution >= 4 is 0 Å². The van der Waals surface area contributed by atoms with Crippen LogP contribution in [0.2, 0.25) is 0 Å². The average molecular weight is 374 g/mol. The second kappa shape index (κ2) is 8.83. The van der Waals surface area contributed by atoms with Crippen molar-refractivity contribution in [1.82, 2.24) is 0 Å². The Balaban J connectivity index is 1.53. The first-order chi connectivity index (χ1) is 13.8. The number of benzene rings is 3. The highest BCUT2D eigenvalue weighted by atomic mass is 16.7. The zero-order valence-electron chi connectivity index (χ0n) is 16.3. The highest BCUT2D eigenvalue weighted by molar-refractivity contribution is 5.49. The average Bonchev–Trinajstić information content (AvgIpc) is 3.22. The molecular weight excluding hydrogens is 348 g/mol. The summed E-state index contributed by atoms with van der Waals surface area (Å²) in [6.07, 6.45) is 4.49. The van der Waals surface area contributed by atoms with Crippen LogP contribution in [0.3, 0.4) is 0 Å². The van der Waals surface area contributed by atoms with E-state index in [0.717, 1.165) is 36.5 Å². The molecule has 0 saturated heterocycles. The highest BCUT2D eigenvalue weighted by Gasteiger charge is 2.21. The molecule has 3 aromatic rings. The van der Waals surface area contributed by atoms with Crippen LogP contribution in [0.15, 0.2) is 72.8 Å². The number of unbranched alkanes of at least 4 members (excludes halogenated alkanes) is 1. The van der Waals surface area contributed by atoms with Crippen LogP contribution in [0.4, 0.5) is 0 Å². The Kier molecular flexibility index (Phi) is 5.81. The minimum atomic E-state index is 0.265. The summed E-state index contributed by atoms with van der Waals surface area (Å²) in [5.41, 5.74) is 3.87. The maximum Gasteiger partial charge on any atom is 0.231 e. The van der Waals surface area contributed by atoms with Gasteiger partial charge in [-0.05, 0) is 48.6 Å². The predicted molar refractivity (Wildman–Crippen MR) is 111 cm³/mol. The maximum atomic E-state index is 5.66. The van der Waals surface area contributed by atoms with E-state index in [2.05, 4.69) is 54.6 Å². The molecule has 0 aromatic heterocycles. The third-order valence-electron chi connectivity index (χ3n) is 5.36. The number of rotatable bonds is 8. The topological polar surface area (TPSA) is 27.7 Å². The van der Waals surface area contributed by atoms with Gasteiger partial charge in [0.1, 0.15) is 5.75 Å². The van der Waals surface area contributed by atoms with Crippen LogP contribution in [0.1, 0.15) is 41.9 Å². The van der Waals surface area contributed by atoms with E-state index in [0.29, 0.717) is 6.79 Å². The van der Waals surface area contributed by atoms with E-state index in [1.54, 1.807) is 7.11 Å². The van der Waals surface area contributed by atoms with Gasteiger partial charge < -0.3 is 14.2 Å². The Morgan fingerprint density at radius 1 is 0.857 bits per heavy atom. The van der Waals surface area contributed by atoms with E-state index in [9.17, 15) is 0 Å². The van der Waals surface area contributed by atoms with Crippen LogP contribution in [-0.2, 0) is 6.42 Å². The standard InChI is InChI=1S/C25H26O3/c1-26-23-14-8-7-13-22(23)21(12-6-5-11-19-9-3-2-4-10-19)20-15-16-24-25(17-20)28-18-27-24/h2-4,7-10,13-17,21H,5-6,11-12,18H2,1H3/t21-/m0/s1. The van der Waals surface area contributed by atoms with Gasteiger partial charge in [-0.2, -0.15) is 0 Å². The lowest BCUT2D eigenvalue weighted by molar-refractivity contribution is 0.174. The third kappa shape index (κ3) is 4.14. The molecule has 3 heteroatoms. The van der Waals surface area contributed by atoms with Gasteiger partial charge in [0, 0.05) is 11.5 Å². The molecule has 0 fully saturated rings. The first kappa shape index (κ1) is 18.4. The smallest absolute Gasteiger partial charge is 0.231 e. The number of para-hydroxylation sites is 1. The Morgan fingerprint density at radius 3 is 2.50 bits per heavy atom. The van der Waals surface area contributed by atoms with Gasteiger partial charge in [-0.3, -0.25) is 0 Å². The van der Waals surface area contributed by atoms with Gasteiger partial charge in [0.05, 0.1) is 7.11 Å². The van der Waals surface area contributed by atoms with Crippen molar-refractivity contribution in [2.24, 2.45) is 0 Å². The summed E-state index contributed by atoms with van der Waals surface area (Å²) >= 11 is 0. The molecule has 1 heterocycles. The molecule has 0 aliphatic carbocycles. The minimum Gasteiger partial charge on any atom is -0.496 e. The Bertz CT molecular complexity index is 905. The van der Waals surface area contributed by atoms with E-state index < -0.39 is 0 Å².